The standard InChI is InChI=1S/C23H25FN4O3/c1-28(15-22(29)25-23(30)17-7-11-20(31-2)12-8-17)13-3-4-19-14-21(27-26-19)16-5-9-18(24)10-6-16/h5-12,14H,3-4,13,15H2,1-2H3,(H,26,27)(H,25,29,30). The lowest BCUT2D eigenvalue weighted by Crippen LogP contribution is -2.38. The second-order valence-electron chi connectivity index (χ2n) is 7.23. The van der Waals surface area contributed by atoms with E-state index in [1.807, 2.05) is 18.0 Å². The van der Waals surface area contributed by atoms with Gasteiger partial charge in [0, 0.05) is 16.8 Å². The van der Waals surface area contributed by atoms with Gasteiger partial charge in [0.25, 0.3) is 5.91 Å². The fourth-order valence-corrected chi connectivity index (χ4v) is 3.10. The average molecular weight is 424 g/mol. The molecule has 7 nitrogen and oxygen atoms in total. The van der Waals surface area contributed by atoms with E-state index in [2.05, 4.69) is 15.5 Å². The van der Waals surface area contributed by atoms with Crippen molar-refractivity contribution in [2.24, 2.45) is 0 Å². The van der Waals surface area contributed by atoms with Gasteiger partial charge in [-0.1, -0.05) is 0 Å². The summed E-state index contributed by atoms with van der Waals surface area (Å²) in [6.45, 7) is 0.792. The lowest BCUT2D eigenvalue weighted by Gasteiger charge is -2.15. The number of aryl methyl sites for hydroxylation is 1. The van der Waals surface area contributed by atoms with Crippen molar-refractivity contribution in [1.29, 1.82) is 0 Å². The summed E-state index contributed by atoms with van der Waals surface area (Å²) in [6, 6.07) is 14.7. The first-order valence-corrected chi connectivity index (χ1v) is 9.91. The molecule has 8 heteroatoms. The highest BCUT2D eigenvalue weighted by Crippen LogP contribution is 2.18. The number of nitrogens with one attached hydrogen (secondary N) is 2. The number of methoxy groups -OCH3 is 1. The maximum absolute atomic E-state index is 13.0. The van der Waals surface area contributed by atoms with Gasteiger partial charge in [0.15, 0.2) is 0 Å². The van der Waals surface area contributed by atoms with Crippen molar-refractivity contribution >= 4 is 11.8 Å². The number of rotatable bonds is 9. The van der Waals surface area contributed by atoms with E-state index in [1.165, 1.54) is 12.1 Å². The first-order chi connectivity index (χ1) is 14.9. The fraction of sp³-hybridized carbons (Fsp3) is 0.261. The molecule has 2 aromatic carbocycles. The first kappa shape index (κ1) is 22.2. The number of likely N-dealkylation sites (N-methyl/N-ethyl adjacent to an activating group) is 1. The zero-order valence-corrected chi connectivity index (χ0v) is 17.5. The Kier molecular flexibility index (Phi) is 7.50. The maximum Gasteiger partial charge on any atom is 0.257 e. The van der Waals surface area contributed by atoms with Crippen LogP contribution in [0.1, 0.15) is 22.5 Å². The minimum Gasteiger partial charge on any atom is -0.497 e. The lowest BCUT2D eigenvalue weighted by atomic mass is 10.1. The Balaban J connectivity index is 1.40. The molecule has 0 spiro atoms. The number of nitrogens with zero attached hydrogens (tertiary/aromatic N) is 2. The average Bonchev–Trinajstić information content (AvgIpc) is 3.23. The molecule has 1 heterocycles. The molecule has 0 saturated carbocycles. The zero-order valence-electron chi connectivity index (χ0n) is 17.5. The van der Waals surface area contributed by atoms with Gasteiger partial charge >= 0.3 is 0 Å². The monoisotopic (exact) mass is 424 g/mol. The van der Waals surface area contributed by atoms with E-state index < -0.39 is 5.91 Å². The molecule has 0 atom stereocenters. The molecule has 0 aliphatic heterocycles. The smallest absolute Gasteiger partial charge is 0.257 e. The largest absolute Gasteiger partial charge is 0.497 e. The highest BCUT2D eigenvalue weighted by Gasteiger charge is 2.13. The molecule has 0 aliphatic rings. The number of benzene rings is 2. The summed E-state index contributed by atoms with van der Waals surface area (Å²) < 4.78 is 18.1. The highest BCUT2D eigenvalue weighted by molar-refractivity contribution is 6.05. The predicted molar refractivity (Wildman–Crippen MR) is 115 cm³/mol. The summed E-state index contributed by atoms with van der Waals surface area (Å²) in [7, 11) is 3.37. The molecule has 2 amide bonds. The minimum atomic E-state index is -0.438. The van der Waals surface area contributed by atoms with Crippen LogP contribution < -0.4 is 10.1 Å². The molecule has 0 unspecified atom stereocenters. The minimum absolute atomic E-state index is 0.117. The number of aromatic amines is 1. The second-order valence-corrected chi connectivity index (χ2v) is 7.23. The molecule has 0 radical (unpaired) electrons. The summed E-state index contributed by atoms with van der Waals surface area (Å²) in [5, 5.41) is 9.65. The molecule has 31 heavy (non-hydrogen) atoms. The molecular weight excluding hydrogens is 399 g/mol. The van der Waals surface area contributed by atoms with Gasteiger partial charge < -0.3 is 4.74 Å². The zero-order chi connectivity index (χ0) is 22.2. The molecule has 2 N–H and O–H groups in total. The van der Waals surface area contributed by atoms with E-state index in [0.29, 0.717) is 17.9 Å². The van der Waals surface area contributed by atoms with Crippen molar-refractivity contribution in [3.8, 4) is 17.0 Å². The van der Waals surface area contributed by atoms with Crippen molar-refractivity contribution in [1.82, 2.24) is 20.4 Å². The Bertz CT molecular complexity index is 1020. The third kappa shape index (κ3) is 6.48. The Hall–Kier alpha value is -3.52. The van der Waals surface area contributed by atoms with Gasteiger partial charge in [0.2, 0.25) is 5.91 Å². The van der Waals surface area contributed by atoms with Gasteiger partial charge in [0.1, 0.15) is 11.6 Å². The molecule has 0 aliphatic carbocycles. The van der Waals surface area contributed by atoms with Gasteiger partial charge in [-0.25, -0.2) is 4.39 Å². The summed E-state index contributed by atoms with van der Waals surface area (Å²) in [5.41, 5.74) is 2.97. The number of carbonyl (C=O) groups excluding carboxylic acids is 2. The number of ether oxygens (including phenoxy) is 1. The topological polar surface area (TPSA) is 87.3 Å². The number of halogens is 1. The van der Waals surface area contributed by atoms with Gasteiger partial charge in [-0.15, -0.1) is 0 Å². The molecule has 0 fully saturated rings. The third-order valence-electron chi connectivity index (χ3n) is 4.78. The number of H-pyrrole nitrogens is 1. The summed E-state index contributed by atoms with van der Waals surface area (Å²) in [5.74, 6) is -0.433. The summed E-state index contributed by atoms with van der Waals surface area (Å²) >= 11 is 0. The van der Waals surface area contributed by atoms with E-state index in [9.17, 15) is 14.0 Å². The summed E-state index contributed by atoms with van der Waals surface area (Å²) in [6.07, 6.45) is 1.56. The number of hydrogen-bond donors (Lipinski definition) is 2. The van der Waals surface area contributed by atoms with Crippen LogP contribution in [0.5, 0.6) is 5.75 Å². The van der Waals surface area contributed by atoms with Crippen LogP contribution >= 0.6 is 0 Å². The van der Waals surface area contributed by atoms with E-state index >= 15 is 0 Å². The number of amides is 2. The number of hydrogen-bond acceptors (Lipinski definition) is 5. The van der Waals surface area contributed by atoms with Crippen molar-refractivity contribution in [3.05, 3.63) is 71.7 Å². The van der Waals surface area contributed by atoms with E-state index in [1.54, 1.807) is 43.5 Å². The van der Waals surface area contributed by atoms with Crippen molar-refractivity contribution < 1.29 is 18.7 Å². The molecule has 162 valence electrons. The quantitative estimate of drug-likeness (QED) is 0.551. The Morgan fingerprint density at radius 3 is 2.52 bits per heavy atom. The van der Waals surface area contributed by atoms with Crippen LogP contribution in [0.4, 0.5) is 4.39 Å². The maximum atomic E-state index is 13.0. The van der Waals surface area contributed by atoms with Crippen LogP contribution in [0, 0.1) is 5.82 Å². The van der Waals surface area contributed by atoms with Gasteiger partial charge in [-0.05, 0) is 81.0 Å². The summed E-state index contributed by atoms with van der Waals surface area (Å²) in [4.78, 5) is 26.1. The normalized spacial score (nSPS) is 10.8. The molecule has 3 aromatic rings. The molecule has 0 saturated heterocycles. The predicted octanol–water partition coefficient (Wildman–Crippen LogP) is 3.05. The third-order valence-corrected chi connectivity index (χ3v) is 4.78. The Labute approximate surface area is 180 Å². The van der Waals surface area contributed by atoms with Crippen molar-refractivity contribution in [2.75, 3.05) is 27.2 Å². The number of carbonyl (C=O) groups is 2. The molecule has 1 aromatic heterocycles. The molecular formula is C23H25FN4O3. The van der Waals surface area contributed by atoms with Crippen LogP contribution in [-0.2, 0) is 11.2 Å². The van der Waals surface area contributed by atoms with Gasteiger partial charge in [0.05, 0.1) is 19.3 Å². The van der Waals surface area contributed by atoms with Crippen LogP contribution in [0.15, 0.2) is 54.6 Å². The Morgan fingerprint density at radius 1 is 1.13 bits per heavy atom. The van der Waals surface area contributed by atoms with Crippen molar-refractivity contribution in [3.63, 3.8) is 0 Å². The van der Waals surface area contributed by atoms with Crippen LogP contribution in [0.3, 0.4) is 0 Å². The van der Waals surface area contributed by atoms with Crippen LogP contribution in [-0.4, -0.2) is 54.2 Å². The molecule has 0 bridgehead atoms. The van der Waals surface area contributed by atoms with E-state index in [-0.39, 0.29) is 18.3 Å². The van der Waals surface area contributed by atoms with Gasteiger partial charge in [-0.3, -0.25) is 24.9 Å². The molecule has 3 rings (SSSR count). The number of aromatic nitrogens is 2. The van der Waals surface area contributed by atoms with E-state index in [0.717, 1.165) is 29.8 Å². The Morgan fingerprint density at radius 2 is 1.84 bits per heavy atom. The SMILES string of the molecule is COc1ccc(C(=O)NC(=O)CN(C)CCCc2cc(-c3ccc(F)cc3)n[nH]2)cc1. The number of imide groups is 1. The fourth-order valence-electron chi connectivity index (χ4n) is 3.10. The highest BCUT2D eigenvalue weighted by atomic mass is 19.1. The lowest BCUT2D eigenvalue weighted by molar-refractivity contribution is -0.121. The van der Waals surface area contributed by atoms with Crippen molar-refractivity contribution in [2.45, 2.75) is 12.8 Å². The van der Waals surface area contributed by atoms with Crippen LogP contribution in [0.25, 0.3) is 11.3 Å². The first-order valence-electron chi connectivity index (χ1n) is 9.91. The van der Waals surface area contributed by atoms with Crippen LogP contribution in [0.2, 0.25) is 0 Å². The van der Waals surface area contributed by atoms with Gasteiger partial charge in [-0.2, -0.15) is 5.10 Å². The van der Waals surface area contributed by atoms with E-state index in [4.69, 9.17) is 4.74 Å². The second kappa shape index (κ2) is 10.5.